The molecule has 2 aliphatic rings. The van der Waals surface area contributed by atoms with Crippen molar-refractivity contribution in [3.8, 4) is 11.4 Å². The van der Waals surface area contributed by atoms with Crippen LogP contribution in [0.2, 0.25) is 0 Å². The lowest BCUT2D eigenvalue weighted by Crippen LogP contribution is -2.34. The maximum absolute atomic E-state index is 14.4. The summed E-state index contributed by atoms with van der Waals surface area (Å²) in [4.78, 5) is 17.8. The third-order valence-electron chi connectivity index (χ3n) is 7.47. The SMILES string of the molecule is COc1ccccc1-n1nc(CN(C(=O)c2ccccc2)C2CC2)c2c1CCN(Cc1ccccc1F)C2. The molecule has 0 N–H and O–H groups in total. The van der Waals surface area contributed by atoms with Crippen LogP contribution in [0.5, 0.6) is 5.75 Å². The summed E-state index contributed by atoms with van der Waals surface area (Å²) in [7, 11) is 1.67. The zero-order chi connectivity index (χ0) is 26.1. The predicted octanol–water partition coefficient (Wildman–Crippen LogP) is 5.38. The minimum absolute atomic E-state index is 0.0349. The number of rotatable bonds is 8. The van der Waals surface area contributed by atoms with Gasteiger partial charge in [-0.1, -0.05) is 48.5 Å². The van der Waals surface area contributed by atoms with Gasteiger partial charge in [0, 0.05) is 48.8 Å². The number of nitrogens with zero attached hydrogens (tertiary/aromatic N) is 4. The zero-order valence-electron chi connectivity index (χ0n) is 21.5. The molecular weight excluding hydrogens is 479 g/mol. The van der Waals surface area contributed by atoms with Gasteiger partial charge in [-0.15, -0.1) is 0 Å². The summed E-state index contributed by atoms with van der Waals surface area (Å²) in [6.45, 7) is 2.40. The standard InChI is InChI=1S/C31H31FN4O2/c1-38-30-14-8-7-13-29(30)36-28-17-18-34(19-23-11-5-6-12-26(23)32)20-25(28)27(33-36)21-35(24-15-16-24)31(37)22-9-3-2-4-10-22/h2-14,24H,15-21H2,1H3. The minimum atomic E-state index is -0.184. The molecular formula is C31H31FN4O2. The van der Waals surface area contributed by atoms with Crippen LogP contribution in [-0.2, 0) is 26.1 Å². The Morgan fingerprint density at radius 2 is 1.76 bits per heavy atom. The van der Waals surface area contributed by atoms with Crippen molar-refractivity contribution in [3.63, 3.8) is 0 Å². The van der Waals surface area contributed by atoms with Crippen LogP contribution < -0.4 is 4.74 Å². The van der Waals surface area contributed by atoms with Gasteiger partial charge in [-0.05, 0) is 43.2 Å². The van der Waals surface area contributed by atoms with E-state index in [0.717, 1.165) is 54.2 Å². The molecule has 0 spiro atoms. The molecule has 1 fully saturated rings. The number of aromatic nitrogens is 2. The van der Waals surface area contributed by atoms with Crippen molar-refractivity contribution in [3.05, 3.63) is 113 Å². The zero-order valence-corrected chi connectivity index (χ0v) is 21.5. The summed E-state index contributed by atoms with van der Waals surface area (Å²) >= 11 is 0. The number of hydrogen-bond acceptors (Lipinski definition) is 4. The van der Waals surface area contributed by atoms with Crippen molar-refractivity contribution < 1.29 is 13.9 Å². The van der Waals surface area contributed by atoms with E-state index < -0.39 is 0 Å². The van der Waals surface area contributed by atoms with E-state index in [4.69, 9.17) is 9.84 Å². The Morgan fingerprint density at radius 1 is 1.03 bits per heavy atom. The highest BCUT2D eigenvalue weighted by Crippen LogP contribution is 2.34. The van der Waals surface area contributed by atoms with Gasteiger partial charge in [-0.25, -0.2) is 9.07 Å². The summed E-state index contributed by atoms with van der Waals surface area (Å²) in [6, 6.07) is 24.5. The van der Waals surface area contributed by atoms with Gasteiger partial charge in [-0.3, -0.25) is 9.69 Å². The van der Waals surface area contributed by atoms with E-state index in [1.807, 2.05) is 76.3 Å². The average molecular weight is 511 g/mol. The van der Waals surface area contributed by atoms with Gasteiger partial charge in [0.25, 0.3) is 5.91 Å². The number of carbonyl (C=O) groups is 1. The van der Waals surface area contributed by atoms with Gasteiger partial charge >= 0.3 is 0 Å². The van der Waals surface area contributed by atoms with Crippen molar-refractivity contribution in [1.29, 1.82) is 0 Å². The van der Waals surface area contributed by atoms with Crippen molar-refractivity contribution in [2.24, 2.45) is 0 Å². The molecule has 38 heavy (non-hydrogen) atoms. The number of hydrogen-bond donors (Lipinski definition) is 0. The molecule has 3 aromatic carbocycles. The first-order valence-corrected chi connectivity index (χ1v) is 13.2. The van der Waals surface area contributed by atoms with Crippen LogP contribution in [0.3, 0.4) is 0 Å². The van der Waals surface area contributed by atoms with Gasteiger partial charge in [0.1, 0.15) is 17.3 Å². The van der Waals surface area contributed by atoms with E-state index in [0.29, 0.717) is 30.8 Å². The normalized spacial score (nSPS) is 15.2. The van der Waals surface area contributed by atoms with Crippen molar-refractivity contribution in [1.82, 2.24) is 19.6 Å². The second-order valence-corrected chi connectivity index (χ2v) is 10.0. The highest BCUT2D eigenvalue weighted by Gasteiger charge is 2.35. The summed E-state index contributed by atoms with van der Waals surface area (Å²) < 4.78 is 22.1. The topological polar surface area (TPSA) is 50.6 Å². The highest BCUT2D eigenvalue weighted by molar-refractivity contribution is 5.94. The molecule has 7 heteroatoms. The Hall–Kier alpha value is -3.97. The highest BCUT2D eigenvalue weighted by atomic mass is 19.1. The number of para-hydroxylation sites is 2. The van der Waals surface area contributed by atoms with Crippen molar-refractivity contribution in [2.45, 2.75) is 44.9 Å². The Kier molecular flexibility index (Phi) is 6.68. The van der Waals surface area contributed by atoms with Gasteiger partial charge in [0.2, 0.25) is 0 Å². The quantitative estimate of drug-likeness (QED) is 0.319. The molecule has 0 bridgehead atoms. The molecule has 1 saturated carbocycles. The van der Waals surface area contributed by atoms with Gasteiger partial charge in [-0.2, -0.15) is 5.10 Å². The lowest BCUT2D eigenvalue weighted by molar-refractivity contribution is 0.0726. The van der Waals surface area contributed by atoms with Crippen LogP contribution in [0, 0.1) is 5.82 Å². The second kappa shape index (κ2) is 10.4. The number of amides is 1. The Balaban J connectivity index is 1.37. The second-order valence-electron chi connectivity index (χ2n) is 10.0. The summed E-state index contributed by atoms with van der Waals surface area (Å²) in [5.41, 5.74) is 5.39. The number of fused-ring (bicyclic) bond motifs is 1. The van der Waals surface area contributed by atoms with E-state index in [9.17, 15) is 9.18 Å². The van der Waals surface area contributed by atoms with Crippen LogP contribution >= 0.6 is 0 Å². The number of ether oxygens (including phenoxy) is 1. The third-order valence-corrected chi connectivity index (χ3v) is 7.47. The number of methoxy groups -OCH3 is 1. The minimum Gasteiger partial charge on any atom is -0.494 e. The van der Waals surface area contributed by atoms with Gasteiger partial charge < -0.3 is 9.64 Å². The molecule has 4 aromatic rings. The lowest BCUT2D eigenvalue weighted by atomic mass is 10.0. The van der Waals surface area contributed by atoms with Gasteiger partial charge in [0.05, 0.1) is 25.0 Å². The first-order valence-electron chi connectivity index (χ1n) is 13.2. The predicted molar refractivity (Wildman–Crippen MR) is 144 cm³/mol. The van der Waals surface area contributed by atoms with Crippen molar-refractivity contribution >= 4 is 5.91 Å². The fraction of sp³-hybridized carbons (Fsp3) is 0.290. The van der Waals surface area contributed by atoms with E-state index in [2.05, 4.69) is 4.90 Å². The van der Waals surface area contributed by atoms with Crippen LogP contribution in [0.25, 0.3) is 5.69 Å². The molecule has 0 radical (unpaired) electrons. The molecule has 0 unspecified atom stereocenters. The van der Waals surface area contributed by atoms with Crippen LogP contribution in [0.15, 0.2) is 78.9 Å². The van der Waals surface area contributed by atoms with Crippen LogP contribution in [-0.4, -0.2) is 45.2 Å². The third kappa shape index (κ3) is 4.82. The van der Waals surface area contributed by atoms with E-state index in [-0.39, 0.29) is 17.8 Å². The maximum Gasteiger partial charge on any atom is 0.254 e. The molecule has 6 nitrogen and oxygen atoms in total. The molecule has 1 amide bonds. The lowest BCUT2D eigenvalue weighted by Gasteiger charge is -2.29. The molecule has 0 atom stereocenters. The maximum atomic E-state index is 14.4. The van der Waals surface area contributed by atoms with E-state index in [1.54, 1.807) is 13.2 Å². The van der Waals surface area contributed by atoms with Crippen LogP contribution in [0.1, 0.15) is 45.7 Å². The average Bonchev–Trinajstić information content (AvgIpc) is 3.74. The van der Waals surface area contributed by atoms with Gasteiger partial charge in [0.15, 0.2) is 0 Å². The molecule has 194 valence electrons. The monoisotopic (exact) mass is 510 g/mol. The molecule has 0 saturated heterocycles. The fourth-order valence-electron chi connectivity index (χ4n) is 5.34. The van der Waals surface area contributed by atoms with E-state index >= 15 is 0 Å². The Labute approximate surface area is 222 Å². The number of benzene rings is 3. The fourth-order valence-corrected chi connectivity index (χ4v) is 5.34. The van der Waals surface area contributed by atoms with E-state index in [1.165, 1.54) is 6.07 Å². The molecule has 1 aliphatic heterocycles. The Bertz CT molecular complexity index is 1450. The van der Waals surface area contributed by atoms with Crippen molar-refractivity contribution in [2.75, 3.05) is 13.7 Å². The summed E-state index contributed by atoms with van der Waals surface area (Å²) in [5, 5.41) is 5.10. The first kappa shape index (κ1) is 24.4. The van der Waals surface area contributed by atoms with Crippen LogP contribution in [0.4, 0.5) is 4.39 Å². The molecule has 6 rings (SSSR count). The summed E-state index contributed by atoms with van der Waals surface area (Å²) in [6.07, 6.45) is 2.78. The number of carbonyl (C=O) groups excluding carboxylic acids is 1. The molecule has 1 aliphatic carbocycles. The molecule has 1 aromatic heterocycles. The first-order chi connectivity index (χ1) is 18.6. The Morgan fingerprint density at radius 3 is 2.53 bits per heavy atom. The summed E-state index contributed by atoms with van der Waals surface area (Å²) in [5.74, 6) is 0.599. The molecule has 2 heterocycles. The smallest absolute Gasteiger partial charge is 0.254 e. The number of halogens is 1. The largest absolute Gasteiger partial charge is 0.494 e.